The van der Waals surface area contributed by atoms with Gasteiger partial charge in [0.25, 0.3) is 5.91 Å². The van der Waals surface area contributed by atoms with Crippen LogP contribution in [0.4, 0.5) is 4.79 Å². The van der Waals surface area contributed by atoms with Crippen molar-refractivity contribution in [3.8, 4) is 5.75 Å². The van der Waals surface area contributed by atoms with E-state index in [0.29, 0.717) is 16.3 Å². The van der Waals surface area contributed by atoms with Crippen LogP contribution in [0.15, 0.2) is 48.5 Å². The van der Waals surface area contributed by atoms with Gasteiger partial charge >= 0.3 is 6.03 Å². The highest BCUT2D eigenvalue weighted by molar-refractivity contribution is 6.30. The van der Waals surface area contributed by atoms with E-state index in [1.165, 1.54) is 0 Å². The number of nitrogens with zero attached hydrogens (tertiary/aromatic N) is 1. The minimum Gasteiger partial charge on any atom is -0.491 e. The van der Waals surface area contributed by atoms with Crippen molar-refractivity contribution in [2.75, 3.05) is 13.2 Å². The molecule has 1 aliphatic rings. The molecule has 1 saturated heterocycles. The fourth-order valence-corrected chi connectivity index (χ4v) is 3.13. The number of hydrogen-bond acceptors (Lipinski definition) is 4. The third-order valence-corrected chi connectivity index (χ3v) is 4.77. The summed E-state index contributed by atoms with van der Waals surface area (Å²) in [7, 11) is 0. The number of rotatable bonds is 6. The molecule has 3 rings (SSSR count). The van der Waals surface area contributed by atoms with Crippen molar-refractivity contribution in [2.45, 2.75) is 25.5 Å². The second-order valence-electron chi connectivity index (χ2n) is 6.76. The van der Waals surface area contributed by atoms with Gasteiger partial charge in [-0.3, -0.25) is 9.69 Å². The van der Waals surface area contributed by atoms with Crippen molar-refractivity contribution < 1.29 is 19.4 Å². The SMILES string of the molecule is Cc1cccc(OC[C@@H](O)CN2C(=O)N[C@](C)(c3ccc(Cl)cc3)C2=O)c1. The van der Waals surface area contributed by atoms with Gasteiger partial charge in [0.05, 0.1) is 6.54 Å². The van der Waals surface area contributed by atoms with Crippen LogP contribution in [0.2, 0.25) is 5.02 Å². The number of β-amino-alcohol motifs (C(OH)–C–C–N with tert-alkyl or cyclic N) is 1. The maximum absolute atomic E-state index is 12.8. The normalized spacial score (nSPS) is 20.5. The predicted octanol–water partition coefficient (Wildman–Crippen LogP) is 2.86. The number of carbonyl (C=O) groups excluding carboxylic acids is 2. The van der Waals surface area contributed by atoms with E-state index in [9.17, 15) is 14.7 Å². The van der Waals surface area contributed by atoms with Gasteiger partial charge in [-0.05, 0) is 49.2 Å². The van der Waals surface area contributed by atoms with Crippen LogP contribution in [0, 0.1) is 6.92 Å². The fraction of sp³-hybridized carbons (Fsp3) is 0.300. The van der Waals surface area contributed by atoms with E-state index in [0.717, 1.165) is 10.5 Å². The van der Waals surface area contributed by atoms with E-state index >= 15 is 0 Å². The fourth-order valence-electron chi connectivity index (χ4n) is 3.00. The minimum atomic E-state index is -1.20. The molecule has 1 aliphatic heterocycles. The van der Waals surface area contributed by atoms with Crippen molar-refractivity contribution in [2.24, 2.45) is 0 Å². The summed E-state index contributed by atoms with van der Waals surface area (Å²) in [6.45, 7) is 3.39. The van der Waals surface area contributed by atoms with Crippen molar-refractivity contribution >= 4 is 23.5 Å². The average Bonchev–Trinajstić information content (AvgIpc) is 2.85. The first-order valence-electron chi connectivity index (χ1n) is 8.57. The van der Waals surface area contributed by atoms with Gasteiger partial charge in [-0.25, -0.2) is 4.79 Å². The van der Waals surface area contributed by atoms with Crippen LogP contribution in [0.1, 0.15) is 18.1 Å². The highest BCUT2D eigenvalue weighted by atomic mass is 35.5. The molecule has 0 spiro atoms. The second-order valence-corrected chi connectivity index (χ2v) is 7.20. The number of aliphatic hydroxyl groups excluding tert-OH is 1. The lowest BCUT2D eigenvalue weighted by Gasteiger charge is -2.23. The Morgan fingerprint density at radius 1 is 1.22 bits per heavy atom. The number of halogens is 1. The summed E-state index contributed by atoms with van der Waals surface area (Å²) >= 11 is 5.89. The summed E-state index contributed by atoms with van der Waals surface area (Å²) in [4.78, 5) is 26.2. The largest absolute Gasteiger partial charge is 0.491 e. The molecule has 0 radical (unpaired) electrons. The summed E-state index contributed by atoms with van der Waals surface area (Å²) in [5, 5.41) is 13.5. The van der Waals surface area contributed by atoms with Gasteiger partial charge in [0.2, 0.25) is 0 Å². The van der Waals surface area contributed by atoms with Gasteiger partial charge in [-0.1, -0.05) is 35.9 Å². The summed E-state index contributed by atoms with van der Waals surface area (Å²) in [5.41, 5.74) is 0.465. The summed E-state index contributed by atoms with van der Waals surface area (Å²) in [6, 6.07) is 13.6. The zero-order valence-corrected chi connectivity index (χ0v) is 15.9. The Balaban J connectivity index is 1.65. The molecule has 27 heavy (non-hydrogen) atoms. The molecule has 0 unspecified atom stereocenters. The molecule has 0 aliphatic carbocycles. The lowest BCUT2D eigenvalue weighted by molar-refractivity contribution is -0.132. The molecule has 7 heteroatoms. The first kappa shape index (κ1) is 19.2. The summed E-state index contributed by atoms with van der Waals surface area (Å²) in [5.74, 6) is 0.196. The number of aliphatic hydroxyl groups is 1. The number of ether oxygens (including phenoxy) is 1. The van der Waals surface area contributed by atoms with E-state index in [4.69, 9.17) is 16.3 Å². The van der Waals surface area contributed by atoms with E-state index < -0.39 is 23.6 Å². The molecule has 3 amide bonds. The molecular formula is C20H21ClN2O4. The van der Waals surface area contributed by atoms with Gasteiger partial charge in [-0.15, -0.1) is 0 Å². The smallest absolute Gasteiger partial charge is 0.325 e. The first-order chi connectivity index (χ1) is 12.8. The number of aryl methyl sites for hydroxylation is 1. The third kappa shape index (κ3) is 4.07. The Hall–Kier alpha value is -2.57. The molecule has 0 aromatic heterocycles. The van der Waals surface area contributed by atoms with E-state index in [1.54, 1.807) is 37.3 Å². The van der Waals surface area contributed by atoms with Crippen molar-refractivity contribution in [3.05, 3.63) is 64.7 Å². The topological polar surface area (TPSA) is 78.9 Å². The number of imide groups is 1. The van der Waals surface area contributed by atoms with Crippen LogP contribution in [-0.2, 0) is 10.3 Å². The first-order valence-corrected chi connectivity index (χ1v) is 8.95. The number of carbonyl (C=O) groups is 2. The van der Waals surface area contributed by atoms with Crippen LogP contribution in [0.3, 0.4) is 0 Å². The van der Waals surface area contributed by atoms with Crippen molar-refractivity contribution in [1.29, 1.82) is 0 Å². The number of urea groups is 1. The Labute approximate surface area is 162 Å². The monoisotopic (exact) mass is 388 g/mol. The molecule has 2 atom stereocenters. The van der Waals surface area contributed by atoms with Crippen LogP contribution in [0.5, 0.6) is 5.75 Å². The molecule has 2 aromatic rings. The van der Waals surface area contributed by atoms with Gasteiger partial charge in [0, 0.05) is 5.02 Å². The summed E-state index contributed by atoms with van der Waals surface area (Å²) < 4.78 is 5.54. The predicted molar refractivity (Wildman–Crippen MR) is 102 cm³/mol. The molecule has 0 saturated carbocycles. The van der Waals surface area contributed by atoms with Crippen LogP contribution in [-0.4, -0.2) is 41.2 Å². The second kappa shape index (κ2) is 7.58. The van der Waals surface area contributed by atoms with E-state index in [2.05, 4.69) is 5.32 Å². The Morgan fingerprint density at radius 3 is 2.59 bits per heavy atom. The summed E-state index contributed by atoms with van der Waals surface area (Å²) in [6.07, 6.45) is -1.01. The average molecular weight is 389 g/mol. The zero-order chi connectivity index (χ0) is 19.6. The number of hydrogen-bond donors (Lipinski definition) is 2. The van der Waals surface area contributed by atoms with E-state index in [-0.39, 0.29) is 13.2 Å². The standard InChI is InChI=1S/C20H21ClN2O4/c1-13-4-3-5-17(10-13)27-12-16(24)11-23-18(25)20(2,22-19(23)26)14-6-8-15(21)9-7-14/h3-10,16,24H,11-12H2,1-2H3,(H,22,26)/t16-,20+/m0/s1. The molecular weight excluding hydrogens is 368 g/mol. The van der Waals surface area contributed by atoms with Crippen LogP contribution >= 0.6 is 11.6 Å². The number of amides is 3. The van der Waals surface area contributed by atoms with Crippen molar-refractivity contribution in [1.82, 2.24) is 10.2 Å². The van der Waals surface area contributed by atoms with Gasteiger partial charge in [0.15, 0.2) is 0 Å². The zero-order valence-electron chi connectivity index (χ0n) is 15.1. The number of benzene rings is 2. The van der Waals surface area contributed by atoms with Crippen LogP contribution in [0.25, 0.3) is 0 Å². The molecule has 1 heterocycles. The third-order valence-electron chi connectivity index (χ3n) is 4.52. The maximum atomic E-state index is 12.8. The highest BCUT2D eigenvalue weighted by Crippen LogP contribution is 2.29. The van der Waals surface area contributed by atoms with Gasteiger partial charge in [0.1, 0.15) is 24.0 Å². The molecule has 2 N–H and O–H groups in total. The lowest BCUT2D eigenvalue weighted by atomic mass is 9.92. The Kier molecular flexibility index (Phi) is 5.39. The number of nitrogens with one attached hydrogen (secondary N) is 1. The lowest BCUT2D eigenvalue weighted by Crippen LogP contribution is -2.42. The molecule has 0 bridgehead atoms. The minimum absolute atomic E-state index is 0.0296. The van der Waals surface area contributed by atoms with Crippen LogP contribution < -0.4 is 10.1 Å². The maximum Gasteiger partial charge on any atom is 0.325 e. The Morgan fingerprint density at radius 2 is 1.93 bits per heavy atom. The molecule has 1 fully saturated rings. The van der Waals surface area contributed by atoms with Gasteiger partial charge < -0.3 is 15.2 Å². The quantitative estimate of drug-likeness (QED) is 0.746. The van der Waals surface area contributed by atoms with Gasteiger partial charge in [-0.2, -0.15) is 0 Å². The van der Waals surface area contributed by atoms with E-state index in [1.807, 2.05) is 25.1 Å². The van der Waals surface area contributed by atoms with Crippen molar-refractivity contribution in [3.63, 3.8) is 0 Å². The molecule has 6 nitrogen and oxygen atoms in total. The molecule has 142 valence electrons. The molecule has 2 aromatic carbocycles. The Bertz CT molecular complexity index is 855. The highest BCUT2D eigenvalue weighted by Gasteiger charge is 2.49.